The molecule has 2 aromatic carbocycles. The van der Waals surface area contributed by atoms with Gasteiger partial charge < -0.3 is 9.84 Å². The Hall–Kier alpha value is -2.43. The van der Waals surface area contributed by atoms with Crippen molar-refractivity contribution in [3.8, 4) is 5.75 Å². The predicted molar refractivity (Wildman–Crippen MR) is 68.7 cm³/mol. The van der Waals surface area contributed by atoms with Gasteiger partial charge >= 0.3 is 5.97 Å². The first kappa shape index (κ1) is 14.0. The van der Waals surface area contributed by atoms with Crippen LogP contribution in [0.15, 0.2) is 48.5 Å². The average molecular weight is 278 g/mol. The summed E-state index contributed by atoms with van der Waals surface area (Å²) >= 11 is 0. The number of ether oxygens (including phenoxy) is 1. The van der Waals surface area contributed by atoms with Gasteiger partial charge in [-0.05, 0) is 5.56 Å². The Morgan fingerprint density at radius 3 is 2.25 bits per heavy atom. The van der Waals surface area contributed by atoms with Crippen LogP contribution in [-0.2, 0) is 4.79 Å². The Morgan fingerprint density at radius 2 is 1.70 bits per heavy atom. The van der Waals surface area contributed by atoms with Gasteiger partial charge in [-0.1, -0.05) is 30.3 Å². The summed E-state index contributed by atoms with van der Waals surface area (Å²) in [5.41, 5.74) is 0.567. The van der Waals surface area contributed by atoms with E-state index < -0.39 is 23.5 Å². The van der Waals surface area contributed by atoms with E-state index in [0.29, 0.717) is 5.56 Å². The maximum Gasteiger partial charge on any atom is 0.314 e. The number of carbonyl (C=O) groups is 1. The molecule has 1 atom stereocenters. The maximum atomic E-state index is 13.0. The fraction of sp³-hybridized carbons (Fsp3) is 0.133. The van der Waals surface area contributed by atoms with E-state index in [1.807, 2.05) is 0 Å². The number of hydrogen-bond acceptors (Lipinski definition) is 2. The number of rotatable bonds is 5. The summed E-state index contributed by atoms with van der Waals surface area (Å²) in [5, 5.41) is 9.19. The molecule has 0 heterocycles. The minimum atomic E-state index is -1.06. The highest BCUT2D eigenvalue weighted by atomic mass is 19.1. The van der Waals surface area contributed by atoms with E-state index in [9.17, 15) is 18.7 Å². The molecule has 1 N–H and O–H groups in total. The third-order valence-corrected chi connectivity index (χ3v) is 2.75. The van der Waals surface area contributed by atoms with E-state index in [1.54, 1.807) is 30.3 Å². The maximum absolute atomic E-state index is 13.0. The molecule has 0 aliphatic carbocycles. The van der Waals surface area contributed by atoms with E-state index in [2.05, 4.69) is 0 Å². The smallest absolute Gasteiger partial charge is 0.314 e. The number of carboxylic acids is 1. The minimum absolute atomic E-state index is 0.0373. The number of hydrogen-bond donors (Lipinski definition) is 1. The lowest BCUT2D eigenvalue weighted by molar-refractivity contribution is -0.139. The van der Waals surface area contributed by atoms with Crippen molar-refractivity contribution >= 4 is 5.97 Å². The molecule has 0 amide bonds. The van der Waals surface area contributed by atoms with Gasteiger partial charge in [-0.2, -0.15) is 0 Å². The molecule has 1 unspecified atom stereocenters. The number of halogens is 2. The lowest BCUT2D eigenvalue weighted by Crippen LogP contribution is -2.19. The van der Waals surface area contributed by atoms with Gasteiger partial charge in [-0.25, -0.2) is 8.78 Å². The van der Waals surface area contributed by atoms with E-state index in [4.69, 9.17) is 4.74 Å². The Labute approximate surface area is 114 Å². The fourth-order valence-electron chi connectivity index (χ4n) is 1.79. The summed E-state index contributed by atoms with van der Waals surface area (Å²) in [6, 6.07) is 11.3. The molecule has 0 bridgehead atoms. The van der Waals surface area contributed by atoms with Crippen molar-refractivity contribution in [2.24, 2.45) is 0 Å². The number of aliphatic carboxylic acids is 1. The second-order valence-electron chi connectivity index (χ2n) is 4.22. The quantitative estimate of drug-likeness (QED) is 0.913. The highest BCUT2D eigenvalue weighted by Crippen LogP contribution is 2.20. The van der Waals surface area contributed by atoms with E-state index in [1.165, 1.54) is 0 Å². The molecule has 2 aromatic rings. The van der Waals surface area contributed by atoms with Gasteiger partial charge in [0.05, 0.1) is 0 Å². The molecule has 20 heavy (non-hydrogen) atoms. The highest BCUT2D eigenvalue weighted by molar-refractivity contribution is 5.76. The molecule has 104 valence electrons. The number of carboxylic acid groups (broad SMARTS) is 1. The zero-order valence-electron chi connectivity index (χ0n) is 10.4. The first-order valence-electron chi connectivity index (χ1n) is 5.93. The van der Waals surface area contributed by atoms with Gasteiger partial charge in [0.1, 0.15) is 29.9 Å². The van der Waals surface area contributed by atoms with E-state index >= 15 is 0 Å². The van der Waals surface area contributed by atoms with Crippen LogP contribution in [0.5, 0.6) is 5.75 Å². The molecule has 0 aromatic heterocycles. The second kappa shape index (κ2) is 6.14. The van der Waals surface area contributed by atoms with Crippen molar-refractivity contribution in [3.63, 3.8) is 0 Å². The van der Waals surface area contributed by atoms with Gasteiger partial charge in [0, 0.05) is 18.2 Å². The lowest BCUT2D eigenvalue weighted by Gasteiger charge is -2.14. The van der Waals surface area contributed by atoms with Crippen molar-refractivity contribution < 1.29 is 23.4 Å². The molecular weight excluding hydrogens is 266 g/mol. The normalized spacial score (nSPS) is 11.9. The first-order chi connectivity index (χ1) is 9.56. The molecule has 2 rings (SSSR count). The van der Waals surface area contributed by atoms with Crippen LogP contribution in [0.1, 0.15) is 11.5 Å². The molecule has 0 fully saturated rings. The molecule has 0 saturated heterocycles. The summed E-state index contributed by atoms with van der Waals surface area (Å²) < 4.78 is 31.2. The van der Waals surface area contributed by atoms with Crippen LogP contribution < -0.4 is 4.74 Å². The fourth-order valence-corrected chi connectivity index (χ4v) is 1.79. The minimum Gasteiger partial charge on any atom is -0.492 e. The highest BCUT2D eigenvalue weighted by Gasteiger charge is 2.20. The molecule has 0 aliphatic heterocycles. The first-order valence-corrected chi connectivity index (χ1v) is 5.93. The van der Waals surface area contributed by atoms with Gasteiger partial charge in [0.2, 0.25) is 0 Å². The monoisotopic (exact) mass is 278 g/mol. The summed E-state index contributed by atoms with van der Waals surface area (Å²) in [7, 11) is 0. The molecule has 3 nitrogen and oxygen atoms in total. The summed E-state index contributed by atoms with van der Waals surface area (Å²) in [4.78, 5) is 11.2. The Balaban J connectivity index is 2.12. The van der Waals surface area contributed by atoms with Crippen molar-refractivity contribution in [1.29, 1.82) is 0 Å². The van der Waals surface area contributed by atoms with Crippen LogP contribution in [0.4, 0.5) is 8.78 Å². The van der Waals surface area contributed by atoms with E-state index in [0.717, 1.165) is 18.2 Å². The zero-order valence-corrected chi connectivity index (χ0v) is 10.4. The van der Waals surface area contributed by atoms with Gasteiger partial charge in [-0.15, -0.1) is 0 Å². The van der Waals surface area contributed by atoms with Crippen LogP contribution in [0.25, 0.3) is 0 Å². The molecular formula is C15H12F2O3. The van der Waals surface area contributed by atoms with Gasteiger partial charge in [0.15, 0.2) is 0 Å². The summed E-state index contributed by atoms with van der Waals surface area (Å²) in [6.45, 7) is -0.206. The van der Waals surface area contributed by atoms with Crippen LogP contribution in [0.2, 0.25) is 0 Å². The largest absolute Gasteiger partial charge is 0.492 e. The molecule has 5 heteroatoms. The van der Waals surface area contributed by atoms with Crippen molar-refractivity contribution in [2.45, 2.75) is 5.92 Å². The molecule has 0 saturated carbocycles. The number of benzene rings is 2. The standard InChI is InChI=1S/C15H12F2O3/c16-11-6-12(17)8-13(7-11)20-9-14(15(18)19)10-4-2-1-3-5-10/h1-8,14H,9H2,(H,18,19). The van der Waals surface area contributed by atoms with Gasteiger partial charge in [0.25, 0.3) is 0 Å². The second-order valence-corrected chi connectivity index (χ2v) is 4.22. The van der Waals surface area contributed by atoms with Crippen molar-refractivity contribution in [2.75, 3.05) is 6.61 Å². The van der Waals surface area contributed by atoms with Crippen LogP contribution in [-0.4, -0.2) is 17.7 Å². The SMILES string of the molecule is O=C(O)C(COc1cc(F)cc(F)c1)c1ccccc1. The Morgan fingerprint density at radius 1 is 1.10 bits per heavy atom. The molecule has 0 radical (unpaired) electrons. The van der Waals surface area contributed by atoms with Crippen LogP contribution in [0, 0.1) is 11.6 Å². The third kappa shape index (κ3) is 3.54. The third-order valence-electron chi connectivity index (χ3n) is 2.75. The Kier molecular flexibility index (Phi) is 4.30. The van der Waals surface area contributed by atoms with E-state index in [-0.39, 0.29) is 12.4 Å². The molecule has 0 aliphatic rings. The summed E-state index contributed by atoms with van der Waals surface area (Å²) in [6.07, 6.45) is 0. The predicted octanol–water partition coefficient (Wildman–Crippen LogP) is 3.21. The Bertz CT molecular complexity index is 579. The lowest BCUT2D eigenvalue weighted by atomic mass is 10.0. The van der Waals surface area contributed by atoms with Gasteiger partial charge in [-0.3, -0.25) is 4.79 Å². The average Bonchev–Trinajstić information content (AvgIpc) is 2.38. The van der Waals surface area contributed by atoms with Crippen LogP contribution >= 0.6 is 0 Å². The topological polar surface area (TPSA) is 46.5 Å². The molecule has 0 spiro atoms. The zero-order chi connectivity index (χ0) is 14.5. The van der Waals surface area contributed by atoms with Crippen molar-refractivity contribution in [1.82, 2.24) is 0 Å². The van der Waals surface area contributed by atoms with Crippen molar-refractivity contribution in [3.05, 3.63) is 65.7 Å². The van der Waals surface area contributed by atoms with Crippen LogP contribution in [0.3, 0.4) is 0 Å². The summed E-state index contributed by atoms with van der Waals surface area (Å²) in [5.74, 6) is -3.54.